The summed E-state index contributed by atoms with van der Waals surface area (Å²) >= 11 is 6.05. The van der Waals surface area contributed by atoms with E-state index in [1.165, 1.54) is 11.8 Å². The van der Waals surface area contributed by atoms with E-state index in [2.05, 4.69) is 15.6 Å². The Hall–Kier alpha value is -2.41. The summed E-state index contributed by atoms with van der Waals surface area (Å²) in [6, 6.07) is 5.58. The molecule has 7 nitrogen and oxygen atoms in total. The van der Waals surface area contributed by atoms with E-state index in [0.29, 0.717) is 5.02 Å². The summed E-state index contributed by atoms with van der Waals surface area (Å²) < 4.78 is 1.11. The predicted octanol–water partition coefficient (Wildman–Crippen LogP) is 1.82. The molecule has 2 aromatic rings. The number of nitrogens with zero attached hydrogens (tertiary/aromatic N) is 3. The lowest BCUT2D eigenvalue weighted by atomic mass is 9.87. The van der Waals surface area contributed by atoms with Gasteiger partial charge < -0.3 is 10.4 Å². The first-order chi connectivity index (χ1) is 11.0. The molecular formula is C15H15ClN4O3. The zero-order valence-corrected chi connectivity index (χ0v) is 13.0. The van der Waals surface area contributed by atoms with Gasteiger partial charge in [-0.25, -0.2) is 4.68 Å². The van der Waals surface area contributed by atoms with Crippen molar-refractivity contribution in [3.63, 3.8) is 0 Å². The van der Waals surface area contributed by atoms with Crippen LogP contribution in [0.2, 0.25) is 5.02 Å². The summed E-state index contributed by atoms with van der Waals surface area (Å²) in [4.78, 5) is 22.9. The molecule has 1 heterocycles. The molecule has 0 fully saturated rings. The Labute approximate surface area is 137 Å². The molecule has 2 N–H and O–H groups in total. The fourth-order valence-corrected chi connectivity index (χ4v) is 2.95. The molecule has 1 atom stereocenters. The maximum atomic E-state index is 12.3. The quantitative estimate of drug-likeness (QED) is 0.889. The normalized spacial score (nSPS) is 16.7. The van der Waals surface area contributed by atoms with Crippen LogP contribution in [0.1, 0.15) is 40.5 Å². The third kappa shape index (κ3) is 3.50. The molecule has 0 saturated heterocycles. The maximum Gasteiger partial charge on any atom is 0.325 e. The molecule has 8 heteroatoms. The number of aromatic nitrogens is 3. The van der Waals surface area contributed by atoms with Crippen LogP contribution in [0.15, 0.2) is 24.4 Å². The highest BCUT2D eigenvalue weighted by Crippen LogP contribution is 2.31. The van der Waals surface area contributed by atoms with Gasteiger partial charge in [-0.1, -0.05) is 22.9 Å². The topological polar surface area (TPSA) is 97.1 Å². The second kappa shape index (κ2) is 6.37. The molecule has 1 aliphatic rings. The zero-order valence-electron chi connectivity index (χ0n) is 12.2. The second-order valence-corrected chi connectivity index (χ2v) is 5.89. The van der Waals surface area contributed by atoms with Crippen LogP contribution in [0.3, 0.4) is 0 Å². The van der Waals surface area contributed by atoms with Gasteiger partial charge in [-0.05, 0) is 42.5 Å². The van der Waals surface area contributed by atoms with E-state index in [4.69, 9.17) is 16.7 Å². The fourth-order valence-electron chi connectivity index (χ4n) is 2.77. The molecule has 23 heavy (non-hydrogen) atoms. The molecule has 0 saturated carbocycles. The highest BCUT2D eigenvalue weighted by Gasteiger charge is 2.23. The van der Waals surface area contributed by atoms with Gasteiger partial charge in [0.25, 0.3) is 5.91 Å². The number of carbonyl (C=O) groups excluding carboxylic acids is 1. The van der Waals surface area contributed by atoms with Gasteiger partial charge in [0.05, 0.1) is 12.2 Å². The molecule has 0 aliphatic heterocycles. The summed E-state index contributed by atoms with van der Waals surface area (Å²) in [5, 5.41) is 19.6. The van der Waals surface area contributed by atoms with Crippen LogP contribution in [0, 0.1) is 0 Å². The lowest BCUT2D eigenvalue weighted by Gasteiger charge is -2.26. The van der Waals surface area contributed by atoms with Crippen LogP contribution in [0.4, 0.5) is 0 Å². The number of fused-ring (bicyclic) bond motifs is 1. The molecule has 1 amide bonds. The lowest BCUT2D eigenvalue weighted by molar-refractivity contribution is -0.137. The Kier molecular flexibility index (Phi) is 4.29. The van der Waals surface area contributed by atoms with Gasteiger partial charge in [0, 0.05) is 5.02 Å². The van der Waals surface area contributed by atoms with E-state index < -0.39 is 5.97 Å². The predicted molar refractivity (Wildman–Crippen MR) is 82.3 cm³/mol. The molecule has 1 aromatic carbocycles. The molecule has 0 spiro atoms. The first kappa shape index (κ1) is 15.5. The third-order valence-corrected chi connectivity index (χ3v) is 4.03. The minimum Gasteiger partial charge on any atom is -0.480 e. The van der Waals surface area contributed by atoms with Crippen molar-refractivity contribution in [3.05, 3.63) is 46.2 Å². The standard InChI is InChI=1S/C15H15ClN4O3/c16-10-5-4-9-2-1-3-12(11(9)6-10)17-15(23)13-7-20(19-18-13)8-14(21)22/h4-7,12H,1-3,8H2,(H,17,23)(H,21,22)/t12-/m1/s1. The van der Waals surface area contributed by atoms with Gasteiger partial charge in [0.15, 0.2) is 5.69 Å². The summed E-state index contributed by atoms with van der Waals surface area (Å²) in [7, 11) is 0. The van der Waals surface area contributed by atoms with Crippen molar-refractivity contribution >= 4 is 23.5 Å². The van der Waals surface area contributed by atoms with Gasteiger partial charge in [-0.15, -0.1) is 5.10 Å². The van der Waals surface area contributed by atoms with Crippen molar-refractivity contribution < 1.29 is 14.7 Å². The molecule has 120 valence electrons. The summed E-state index contributed by atoms with van der Waals surface area (Å²) in [5.74, 6) is -1.42. The number of rotatable bonds is 4. The van der Waals surface area contributed by atoms with Crippen LogP contribution in [-0.2, 0) is 17.8 Å². The average Bonchev–Trinajstić information content (AvgIpc) is 2.95. The molecule has 0 unspecified atom stereocenters. The molecule has 3 rings (SSSR count). The Balaban J connectivity index is 1.75. The molecule has 0 radical (unpaired) electrons. The SMILES string of the molecule is O=C(O)Cn1cc(C(=O)N[C@@H]2CCCc3ccc(Cl)cc32)nn1. The Morgan fingerprint density at radius 3 is 3.04 bits per heavy atom. The van der Waals surface area contributed by atoms with Crippen molar-refractivity contribution in [3.8, 4) is 0 Å². The Morgan fingerprint density at radius 1 is 1.43 bits per heavy atom. The largest absolute Gasteiger partial charge is 0.480 e. The van der Waals surface area contributed by atoms with Crippen LogP contribution in [0.5, 0.6) is 0 Å². The summed E-state index contributed by atoms with van der Waals surface area (Å²) in [5.41, 5.74) is 2.30. The number of carbonyl (C=O) groups is 2. The lowest BCUT2D eigenvalue weighted by Crippen LogP contribution is -2.31. The van der Waals surface area contributed by atoms with Gasteiger partial charge in [-0.2, -0.15) is 0 Å². The van der Waals surface area contributed by atoms with E-state index in [1.54, 1.807) is 0 Å². The molecule has 1 aliphatic carbocycles. The second-order valence-electron chi connectivity index (χ2n) is 5.46. The van der Waals surface area contributed by atoms with Crippen molar-refractivity contribution in [1.82, 2.24) is 20.3 Å². The Bertz CT molecular complexity index is 759. The van der Waals surface area contributed by atoms with Crippen LogP contribution >= 0.6 is 11.6 Å². The first-order valence-electron chi connectivity index (χ1n) is 7.24. The number of halogens is 1. The fraction of sp³-hybridized carbons (Fsp3) is 0.333. The highest BCUT2D eigenvalue weighted by atomic mass is 35.5. The third-order valence-electron chi connectivity index (χ3n) is 3.80. The monoisotopic (exact) mass is 334 g/mol. The average molecular weight is 335 g/mol. The first-order valence-corrected chi connectivity index (χ1v) is 7.62. The minimum absolute atomic E-state index is 0.0976. The number of hydrogen-bond acceptors (Lipinski definition) is 4. The van der Waals surface area contributed by atoms with E-state index in [1.807, 2.05) is 18.2 Å². The maximum absolute atomic E-state index is 12.3. The number of aliphatic carboxylic acids is 1. The smallest absolute Gasteiger partial charge is 0.325 e. The summed E-state index contributed by atoms with van der Waals surface area (Å²) in [6.07, 6.45) is 4.09. The van der Waals surface area contributed by atoms with E-state index in [-0.39, 0.29) is 24.2 Å². The van der Waals surface area contributed by atoms with E-state index in [0.717, 1.165) is 29.5 Å². The molecular weight excluding hydrogens is 320 g/mol. The van der Waals surface area contributed by atoms with Crippen molar-refractivity contribution in [1.29, 1.82) is 0 Å². The highest BCUT2D eigenvalue weighted by molar-refractivity contribution is 6.30. The van der Waals surface area contributed by atoms with Gasteiger partial charge in [-0.3, -0.25) is 9.59 Å². The van der Waals surface area contributed by atoms with Gasteiger partial charge in [0.2, 0.25) is 0 Å². The van der Waals surface area contributed by atoms with E-state index in [9.17, 15) is 9.59 Å². The van der Waals surface area contributed by atoms with Crippen LogP contribution < -0.4 is 5.32 Å². The number of carboxylic acid groups (broad SMARTS) is 1. The number of amides is 1. The van der Waals surface area contributed by atoms with Gasteiger partial charge >= 0.3 is 5.97 Å². The van der Waals surface area contributed by atoms with E-state index >= 15 is 0 Å². The number of carboxylic acids is 1. The zero-order chi connectivity index (χ0) is 16.4. The molecule has 1 aromatic heterocycles. The summed E-state index contributed by atoms with van der Waals surface area (Å²) in [6.45, 7) is -0.331. The van der Waals surface area contributed by atoms with Crippen LogP contribution in [-0.4, -0.2) is 32.0 Å². The number of benzene rings is 1. The van der Waals surface area contributed by atoms with Crippen molar-refractivity contribution in [2.75, 3.05) is 0 Å². The number of aryl methyl sites for hydroxylation is 1. The minimum atomic E-state index is -1.04. The number of nitrogens with one attached hydrogen (secondary N) is 1. The Morgan fingerprint density at radius 2 is 2.26 bits per heavy atom. The molecule has 0 bridgehead atoms. The van der Waals surface area contributed by atoms with Crippen LogP contribution in [0.25, 0.3) is 0 Å². The van der Waals surface area contributed by atoms with Gasteiger partial charge in [0.1, 0.15) is 6.54 Å². The number of hydrogen-bond donors (Lipinski definition) is 2. The van der Waals surface area contributed by atoms with Crippen molar-refractivity contribution in [2.45, 2.75) is 31.8 Å². The van der Waals surface area contributed by atoms with Crippen molar-refractivity contribution in [2.24, 2.45) is 0 Å².